The Morgan fingerprint density at radius 2 is 1.86 bits per heavy atom. The van der Waals surface area contributed by atoms with E-state index in [9.17, 15) is 14.7 Å². The molecule has 0 unspecified atom stereocenters. The second-order valence-electron chi connectivity index (χ2n) is 6.58. The molecule has 2 fully saturated rings. The molecule has 122 valence electrons. The zero-order chi connectivity index (χ0) is 15.5. The van der Waals surface area contributed by atoms with E-state index in [1.807, 2.05) is 12.2 Å². The van der Waals surface area contributed by atoms with Crippen molar-refractivity contribution in [1.29, 1.82) is 0 Å². The van der Waals surface area contributed by atoms with Crippen LogP contribution in [0.1, 0.15) is 12.8 Å². The van der Waals surface area contributed by atoms with Gasteiger partial charge in [0.15, 0.2) is 0 Å². The van der Waals surface area contributed by atoms with Gasteiger partial charge in [-0.2, -0.15) is 0 Å². The third-order valence-electron chi connectivity index (χ3n) is 5.24. The molecule has 2 aliphatic carbocycles. The molecule has 2 N–H and O–H groups in total. The minimum Gasteiger partial charge on any atom is -0.550 e. The Hall–Kier alpha value is -1.40. The van der Waals surface area contributed by atoms with Crippen molar-refractivity contribution in [2.75, 3.05) is 39.4 Å². The number of quaternary nitrogens is 1. The molecule has 0 spiro atoms. The van der Waals surface area contributed by atoms with Crippen LogP contribution >= 0.6 is 0 Å². The molecule has 1 amide bonds. The van der Waals surface area contributed by atoms with Gasteiger partial charge in [-0.25, -0.2) is 0 Å². The van der Waals surface area contributed by atoms with Gasteiger partial charge in [-0.15, -0.1) is 0 Å². The first-order valence-corrected chi connectivity index (χ1v) is 8.25. The van der Waals surface area contributed by atoms with Crippen molar-refractivity contribution in [3.8, 4) is 0 Å². The minimum absolute atomic E-state index is 0.0245. The van der Waals surface area contributed by atoms with Crippen LogP contribution in [-0.2, 0) is 14.3 Å². The van der Waals surface area contributed by atoms with Crippen LogP contribution in [0.25, 0.3) is 0 Å². The van der Waals surface area contributed by atoms with Gasteiger partial charge in [0.2, 0.25) is 5.91 Å². The van der Waals surface area contributed by atoms with Gasteiger partial charge in [0, 0.05) is 24.9 Å². The Bertz CT molecular complexity index is 459. The van der Waals surface area contributed by atoms with Crippen LogP contribution in [0.3, 0.4) is 0 Å². The lowest BCUT2D eigenvalue weighted by atomic mass is 9.82. The second-order valence-corrected chi connectivity index (χ2v) is 6.58. The summed E-state index contributed by atoms with van der Waals surface area (Å²) < 4.78 is 5.32. The van der Waals surface area contributed by atoms with E-state index in [0.717, 1.165) is 45.7 Å². The number of fused-ring (bicyclic) bond motifs is 2. The number of allylic oxidation sites excluding steroid dienone is 2. The Balaban J connectivity index is 1.43. The van der Waals surface area contributed by atoms with Crippen molar-refractivity contribution in [1.82, 2.24) is 5.32 Å². The van der Waals surface area contributed by atoms with Crippen molar-refractivity contribution >= 4 is 11.9 Å². The molecule has 3 rings (SSSR count). The fourth-order valence-corrected chi connectivity index (χ4v) is 4.08. The summed E-state index contributed by atoms with van der Waals surface area (Å²) >= 11 is 0. The molecule has 0 aromatic carbocycles. The predicted molar refractivity (Wildman–Crippen MR) is 76.7 cm³/mol. The summed E-state index contributed by atoms with van der Waals surface area (Å²) in [7, 11) is 0. The molecule has 1 heterocycles. The summed E-state index contributed by atoms with van der Waals surface area (Å²) in [6, 6.07) is 0. The second kappa shape index (κ2) is 6.79. The van der Waals surface area contributed by atoms with Crippen molar-refractivity contribution < 1.29 is 24.3 Å². The lowest BCUT2D eigenvalue weighted by Gasteiger charge is -2.28. The lowest BCUT2D eigenvalue weighted by Crippen LogP contribution is -3.14. The van der Waals surface area contributed by atoms with Gasteiger partial charge in [0.1, 0.15) is 13.1 Å². The molecule has 0 radical (unpaired) electrons. The number of hydrogen-bond acceptors (Lipinski definition) is 4. The maximum absolute atomic E-state index is 12.3. The molecule has 0 aromatic rings. The van der Waals surface area contributed by atoms with E-state index >= 15 is 0 Å². The highest BCUT2D eigenvalue weighted by atomic mass is 16.5. The first kappa shape index (κ1) is 15.5. The van der Waals surface area contributed by atoms with Crippen LogP contribution < -0.4 is 15.3 Å². The predicted octanol–water partition coefficient (Wildman–Crippen LogP) is -2.40. The summed E-state index contributed by atoms with van der Waals surface area (Å²) in [6.45, 7) is 5.30. The Labute approximate surface area is 130 Å². The number of ether oxygens (including phenoxy) is 1. The van der Waals surface area contributed by atoms with Crippen molar-refractivity contribution in [3.63, 3.8) is 0 Å². The number of carbonyl (C=O) groups is 2. The molecule has 3 aliphatic rings. The SMILES string of the molecule is O=C([O-])[C@@H]1[C@H](C(=O)NCCC[NH+]2CCOCC2)[C@H]2C=C[C@@H]1C2. The molecule has 6 nitrogen and oxygen atoms in total. The Morgan fingerprint density at radius 3 is 2.55 bits per heavy atom. The van der Waals surface area contributed by atoms with Crippen LogP contribution in [0, 0.1) is 23.7 Å². The van der Waals surface area contributed by atoms with Gasteiger partial charge in [-0.1, -0.05) is 12.2 Å². The molecule has 0 aromatic heterocycles. The average molecular weight is 308 g/mol. The van der Waals surface area contributed by atoms with Crippen LogP contribution in [0.5, 0.6) is 0 Å². The number of amides is 1. The summed E-state index contributed by atoms with van der Waals surface area (Å²) in [5.74, 6) is -2.27. The number of carboxylic acid groups (broad SMARTS) is 1. The van der Waals surface area contributed by atoms with E-state index in [1.54, 1.807) is 0 Å². The highest BCUT2D eigenvalue weighted by molar-refractivity contribution is 5.86. The standard InChI is InChI=1S/C16H24N2O4/c19-15(17-4-1-5-18-6-8-22-9-7-18)13-11-2-3-12(10-11)14(13)16(20)21/h2-3,11-14H,1,4-10H2,(H,17,19)(H,20,21)/t11-,12+,13+,14-/m0/s1. The normalized spacial score (nSPS) is 34.0. The van der Waals surface area contributed by atoms with E-state index in [0.29, 0.717) is 6.54 Å². The number of nitrogens with one attached hydrogen (secondary N) is 2. The summed E-state index contributed by atoms with van der Waals surface area (Å²) in [5, 5.41) is 14.2. The van der Waals surface area contributed by atoms with Gasteiger partial charge in [-0.3, -0.25) is 4.79 Å². The molecule has 4 atom stereocenters. The van der Waals surface area contributed by atoms with E-state index in [2.05, 4.69) is 5.32 Å². The molecule has 1 saturated heterocycles. The monoisotopic (exact) mass is 308 g/mol. The third kappa shape index (κ3) is 3.17. The number of carbonyl (C=O) groups excluding carboxylic acids is 2. The van der Waals surface area contributed by atoms with Crippen LogP contribution in [0.2, 0.25) is 0 Å². The minimum atomic E-state index is -1.09. The lowest BCUT2D eigenvalue weighted by molar-refractivity contribution is -0.908. The quantitative estimate of drug-likeness (QED) is 0.423. The van der Waals surface area contributed by atoms with E-state index < -0.39 is 17.8 Å². The number of rotatable bonds is 6. The zero-order valence-electron chi connectivity index (χ0n) is 12.8. The molecule has 6 heteroatoms. The summed E-state index contributed by atoms with van der Waals surface area (Å²) in [6.07, 6.45) is 5.60. The number of aliphatic carboxylic acids is 1. The maximum Gasteiger partial charge on any atom is 0.224 e. The third-order valence-corrected chi connectivity index (χ3v) is 5.24. The fraction of sp³-hybridized carbons (Fsp3) is 0.750. The van der Waals surface area contributed by atoms with Crippen molar-refractivity contribution in [2.24, 2.45) is 23.7 Å². The Kier molecular flexibility index (Phi) is 4.78. The maximum atomic E-state index is 12.3. The van der Waals surface area contributed by atoms with Crippen LogP contribution in [0.4, 0.5) is 0 Å². The Morgan fingerprint density at radius 1 is 1.18 bits per heavy atom. The number of morpholine rings is 1. The van der Waals surface area contributed by atoms with Gasteiger partial charge >= 0.3 is 0 Å². The zero-order valence-corrected chi connectivity index (χ0v) is 12.8. The topological polar surface area (TPSA) is 82.9 Å². The first-order chi connectivity index (χ1) is 10.7. The van der Waals surface area contributed by atoms with E-state index in [-0.39, 0.29) is 17.7 Å². The first-order valence-electron chi connectivity index (χ1n) is 8.25. The van der Waals surface area contributed by atoms with Gasteiger partial charge in [0.25, 0.3) is 0 Å². The van der Waals surface area contributed by atoms with Gasteiger partial charge < -0.3 is 24.9 Å². The molecule has 2 bridgehead atoms. The molecule has 1 saturated carbocycles. The van der Waals surface area contributed by atoms with E-state index in [1.165, 1.54) is 4.90 Å². The summed E-state index contributed by atoms with van der Waals surface area (Å²) in [4.78, 5) is 25.2. The smallest absolute Gasteiger partial charge is 0.224 e. The largest absolute Gasteiger partial charge is 0.550 e. The van der Waals surface area contributed by atoms with Gasteiger partial charge in [0.05, 0.1) is 25.7 Å². The van der Waals surface area contributed by atoms with E-state index in [4.69, 9.17) is 4.74 Å². The highest BCUT2D eigenvalue weighted by Gasteiger charge is 2.48. The number of carboxylic acids is 1. The molecule has 22 heavy (non-hydrogen) atoms. The summed E-state index contributed by atoms with van der Waals surface area (Å²) in [5.41, 5.74) is 0. The van der Waals surface area contributed by atoms with Crippen LogP contribution in [-0.4, -0.2) is 51.3 Å². The fourth-order valence-electron chi connectivity index (χ4n) is 4.08. The number of hydrogen-bond donors (Lipinski definition) is 2. The molecular weight excluding hydrogens is 284 g/mol. The molecular formula is C16H24N2O4. The van der Waals surface area contributed by atoms with Crippen LogP contribution in [0.15, 0.2) is 12.2 Å². The average Bonchev–Trinajstić information content (AvgIpc) is 3.13. The van der Waals surface area contributed by atoms with Gasteiger partial charge in [-0.05, 0) is 18.3 Å². The molecule has 1 aliphatic heterocycles. The highest BCUT2D eigenvalue weighted by Crippen LogP contribution is 2.47. The van der Waals surface area contributed by atoms with Crippen molar-refractivity contribution in [3.05, 3.63) is 12.2 Å². The van der Waals surface area contributed by atoms with Crippen molar-refractivity contribution in [2.45, 2.75) is 12.8 Å².